The van der Waals surface area contributed by atoms with Gasteiger partial charge in [-0.25, -0.2) is 4.74 Å². The first-order valence-electron chi connectivity index (χ1n) is 8.10. The van der Waals surface area contributed by atoms with Crippen LogP contribution in [0.15, 0.2) is 18.2 Å². The van der Waals surface area contributed by atoms with Crippen molar-refractivity contribution < 1.29 is 9.48 Å². The highest BCUT2D eigenvalue weighted by atomic mass is 16.5. The van der Waals surface area contributed by atoms with Crippen LogP contribution in [-0.2, 0) is 0 Å². The van der Waals surface area contributed by atoms with E-state index in [2.05, 4.69) is 39.0 Å². The Hall–Kier alpha value is -1.51. The van der Waals surface area contributed by atoms with E-state index in [-0.39, 0.29) is 6.04 Å². The standard InChI is InChI=1S/C18H27NO2/c1-14(2)17-10-9-15(3)13-18(17)21-12-11-19(20)16-7-5-4-6-8-16/h9-11,13-14,16H,4-8,12H2,1-3H3/b19-11-. The van der Waals surface area contributed by atoms with Gasteiger partial charge in [-0.15, -0.1) is 0 Å². The van der Waals surface area contributed by atoms with Gasteiger partial charge >= 0.3 is 0 Å². The summed E-state index contributed by atoms with van der Waals surface area (Å²) in [5.74, 6) is 1.32. The van der Waals surface area contributed by atoms with Crippen LogP contribution in [0.2, 0.25) is 0 Å². The molecule has 1 aliphatic rings. The summed E-state index contributed by atoms with van der Waals surface area (Å²) >= 11 is 0. The Labute approximate surface area is 128 Å². The SMILES string of the molecule is Cc1ccc(C(C)C)c(OC/C=[N+](\[O-])C2CCCCC2)c1. The van der Waals surface area contributed by atoms with Crippen molar-refractivity contribution in [2.45, 2.75) is 64.8 Å². The average molecular weight is 289 g/mol. The first-order chi connectivity index (χ1) is 10.1. The molecule has 0 aliphatic heterocycles. The summed E-state index contributed by atoms with van der Waals surface area (Å²) in [6.07, 6.45) is 7.30. The van der Waals surface area contributed by atoms with Crippen molar-refractivity contribution in [1.29, 1.82) is 0 Å². The maximum Gasteiger partial charge on any atom is 0.188 e. The number of benzene rings is 1. The minimum absolute atomic E-state index is 0.157. The fourth-order valence-electron chi connectivity index (χ4n) is 2.93. The number of rotatable bonds is 5. The highest BCUT2D eigenvalue weighted by Crippen LogP contribution is 2.27. The third kappa shape index (κ3) is 4.48. The van der Waals surface area contributed by atoms with E-state index in [4.69, 9.17) is 4.74 Å². The fraction of sp³-hybridized carbons (Fsp3) is 0.611. The first-order valence-corrected chi connectivity index (χ1v) is 8.10. The van der Waals surface area contributed by atoms with Gasteiger partial charge in [0.25, 0.3) is 0 Å². The minimum Gasteiger partial charge on any atom is -0.624 e. The minimum atomic E-state index is 0.157. The number of nitrogens with zero attached hydrogens (tertiary/aromatic N) is 1. The number of hydroxylamine groups is 1. The summed E-state index contributed by atoms with van der Waals surface area (Å²) in [5.41, 5.74) is 2.38. The lowest BCUT2D eigenvalue weighted by atomic mass is 9.96. The van der Waals surface area contributed by atoms with Gasteiger partial charge in [0.15, 0.2) is 18.9 Å². The molecule has 0 N–H and O–H groups in total. The van der Waals surface area contributed by atoms with Crippen LogP contribution < -0.4 is 4.74 Å². The molecule has 0 saturated heterocycles. The molecule has 0 spiro atoms. The molecule has 0 radical (unpaired) electrons. The zero-order valence-corrected chi connectivity index (χ0v) is 13.5. The Morgan fingerprint density at radius 3 is 2.67 bits per heavy atom. The molecule has 1 saturated carbocycles. The van der Waals surface area contributed by atoms with Crippen molar-refractivity contribution in [2.75, 3.05) is 6.61 Å². The molecule has 1 aromatic carbocycles. The smallest absolute Gasteiger partial charge is 0.188 e. The first kappa shape index (κ1) is 15.9. The van der Waals surface area contributed by atoms with E-state index < -0.39 is 0 Å². The van der Waals surface area contributed by atoms with Crippen LogP contribution in [0.1, 0.15) is 63.0 Å². The zero-order chi connectivity index (χ0) is 15.2. The van der Waals surface area contributed by atoms with Crippen molar-refractivity contribution in [3.63, 3.8) is 0 Å². The van der Waals surface area contributed by atoms with Gasteiger partial charge in [0, 0.05) is 12.8 Å². The fourth-order valence-corrected chi connectivity index (χ4v) is 2.93. The molecule has 1 fully saturated rings. The second kappa shape index (κ2) is 7.48. The van der Waals surface area contributed by atoms with E-state index in [1.165, 1.54) is 30.4 Å². The van der Waals surface area contributed by atoms with Crippen LogP contribution in [0.25, 0.3) is 0 Å². The van der Waals surface area contributed by atoms with Crippen LogP contribution in [0.3, 0.4) is 0 Å². The van der Waals surface area contributed by atoms with E-state index in [9.17, 15) is 5.21 Å². The summed E-state index contributed by atoms with van der Waals surface area (Å²) in [4.78, 5) is 0. The Balaban J connectivity index is 1.97. The maximum atomic E-state index is 12.1. The van der Waals surface area contributed by atoms with E-state index >= 15 is 0 Å². The van der Waals surface area contributed by atoms with Gasteiger partial charge in [0.05, 0.1) is 0 Å². The maximum absolute atomic E-state index is 12.1. The molecule has 0 amide bonds. The molecule has 0 bridgehead atoms. The van der Waals surface area contributed by atoms with E-state index in [0.29, 0.717) is 12.5 Å². The predicted octanol–water partition coefficient (Wildman–Crippen LogP) is 4.41. The van der Waals surface area contributed by atoms with Gasteiger partial charge in [-0.05, 0) is 42.9 Å². The summed E-state index contributed by atoms with van der Waals surface area (Å²) < 4.78 is 6.96. The lowest BCUT2D eigenvalue weighted by Crippen LogP contribution is -2.26. The van der Waals surface area contributed by atoms with Gasteiger partial charge in [0.1, 0.15) is 5.75 Å². The van der Waals surface area contributed by atoms with Crippen LogP contribution >= 0.6 is 0 Å². The summed E-state index contributed by atoms with van der Waals surface area (Å²) in [5, 5.41) is 12.1. The lowest BCUT2D eigenvalue weighted by molar-refractivity contribution is -0.502. The van der Waals surface area contributed by atoms with Crippen molar-refractivity contribution in [3.8, 4) is 5.75 Å². The normalized spacial score (nSPS) is 17.2. The van der Waals surface area contributed by atoms with Crippen molar-refractivity contribution in [2.24, 2.45) is 0 Å². The van der Waals surface area contributed by atoms with Gasteiger partial charge in [-0.3, -0.25) is 0 Å². The molecular formula is C18H27NO2. The zero-order valence-electron chi connectivity index (χ0n) is 13.5. The molecular weight excluding hydrogens is 262 g/mol. The van der Waals surface area contributed by atoms with Crippen molar-refractivity contribution in [3.05, 3.63) is 34.5 Å². The molecule has 21 heavy (non-hydrogen) atoms. The summed E-state index contributed by atoms with van der Waals surface area (Å²) in [7, 11) is 0. The quantitative estimate of drug-likeness (QED) is 0.348. The molecule has 1 aliphatic carbocycles. The molecule has 116 valence electrons. The Morgan fingerprint density at radius 2 is 2.00 bits per heavy atom. The highest BCUT2D eigenvalue weighted by molar-refractivity contribution is 5.54. The number of hydrogen-bond donors (Lipinski definition) is 0. The second-order valence-electron chi connectivity index (χ2n) is 6.34. The molecule has 3 heteroatoms. The van der Waals surface area contributed by atoms with Crippen LogP contribution in [0, 0.1) is 12.1 Å². The highest BCUT2D eigenvalue weighted by Gasteiger charge is 2.19. The topological polar surface area (TPSA) is 35.3 Å². The Morgan fingerprint density at radius 1 is 1.29 bits per heavy atom. The summed E-state index contributed by atoms with van der Waals surface area (Å²) in [6, 6.07) is 6.43. The molecule has 0 heterocycles. The predicted molar refractivity (Wildman–Crippen MR) is 87.3 cm³/mol. The monoisotopic (exact) mass is 289 g/mol. The van der Waals surface area contributed by atoms with Gasteiger partial charge in [0.2, 0.25) is 0 Å². The third-order valence-corrected chi connectivity index (χ3v) is 4.22. The van der Waals surface area contributed by atoms with Crippen LogP contribution in [0.4, 0.5) is 0 Å². The summed E-state index contributed by atoms with van der Waals surface area (Å²) in [6.45, 7) is 6.72. The average Bonchev–Trinajstić information content (AvgIpc) is 2.48. The van der Waals surface area contributed by atoms with E-state index in [1.807, 2.05) is 0 Å². The molecule has 0 unspecified atom stereocenters. The molecule has 2 rings (SSSR count). The molecule has 1 aromatic rings. The van der Waals surface area contributed by atoms with Crippen LogP contribution in [0.5, 0.6) is 5.75 Å². The lowest BCUT2D eigenvalue weighted by Gasteiger charge is -2.21. The van der Waals surface area contributed by atoms with Crippen molar-refractivity contribution >= 4 is 6.21 Å². The van der Waals surface area contributed by atoms with E-state index in [0.717, 1.165) is 23.3 Å². The second-order valence-corrected chi connectivity index (χ2v) is 6.34. The Kier molecular flexibility index (Phi) is 5.66. The van der Waals surface area contributed by atoms with Crippen LogP contribution in [-0.4, -0.2) is 23.6 Å². The number of hydrogen-bond acceptors (Lipinski definition) is 2. The van der Waals surface area contributed by atoms with Gasteiger partial charge in [-0.2, -0.15) is 0 Å². The van der Waals surface area contributed by atoms with E-state index in [1.54, 1.807) is 6.21 Å². The largest absolute Gasteiger partial charge is 0.624 e. The Bertz CT molecular complexity index is 488. The number of ether oxygens (including phenoxy) is 1. The number of aryl methyl sites for hydroxylation is 1. The molecule has 0 aromatic heterocycles. The molecule has 3 nitrogen and oxygen atoms in total. The van der Waals surface area contributed by atoms with Crippen molar-refractivity contribution in [1.82, 2.24) is 0 Å². The van der Waals surface area contributed by atoms with Gasteiger partial charge in [-0.1, -0.05) is 32.4 Å². The van der Waals surface area contributed by atoms with Gasteiger partial charge < -0.3 is 9.94 Å². The third-order valence-electron chi connectivity index (χ3n) is 4.22. The molecule has 0 atom stereocenters.